The molecule has 4 heteroatoms. The molecular weight excluding hydrogens is 320 g/mol. The number of rotatable bonds is 3. The summed E-state index contributed by atoms with van der Waals surface area (Å²) in [5, 5.41) is 1.72. The molecule has 118 valence electrons. The smallest absolute Gasteiger partial charge is 0.133 e. The number of fused-ring (bicyclic) bond motifs is 1. The second kappa shape index (κ2) is 6.47. The first-order chi connectivity index (χ1) is 10.2. The molecule has 0 aliphatic carbocycles. The largest absolute Gasteiger partial charge is 0.357 e. The summed E-state index contributed by atoms with van der Waals surface area (Å²) in [4.78, 5) is 3.19. The summed E-state index contributed by atoms with van der Waals surface area (Å²) in [7, 11) is 0. The Kier molecular flexibility index (Phi) is 5.03. The molecule has 0 bridgehead atoms. The van der Waals surface area contributed by atoms with Gasteiger partial charge >= 0.3 is 0 Å². The summed E-state index contributed by atoms with van der Waals surface area (Å²) in [6.45, 7) is 9.88. The van der Waals surface area contributed by atoms with Gasteiger partial charge < -0.3 is 4.98 Å². The zero-order valence-corrected chi connectivity index (χ0v) is 15.0. The van der Waals surface area contributed by atoms with Crippen LogP contribution in [0.2, 0.25) is 5.02 Å². The van der Waals surface area contributed by atoms with E-state index in [1.807, 2.05) is 46.8 Å². The normalized spacial score (nSPS) is 12.8. The van der Waals surface area contributed by atoms with Crippen LogP contribution in [0.4, 0.5) is 4.39 Å². The van der Waals surface area contributed by atoms with Crippen LogP contribution in [0.1, 0.15) is 39.0 Å². The Morgan fingerprint density at radius 2 is 1.91 bits per heavy atom. The highest BCUT2D eigenvalue weighted by atomic mass is 35.5. The lowest BCUT2D eigenvalue weighted by molar-refractivity contribution is 0.623. The van der Waals surface area contributed by atoms with Gasteiger partial charge in [0.15, 0.2) is 0 Å². The van der Waals surface area contributed by atoms with E-state index < -0.39 is 0 Å². The van der Waals surface area contributed by atoms with E-state index in [1.165, 1.54) is 6.07 Å². The second-order valence-corrected chi connectivity index (χ2v) is 6.91. The van der Waals surface area contributed by atoms with Gasteiger partial charge in [0.25, 0.3) is 0 Å². The lowest BCUT2D eigenvalue weighted by atomic mass is 9.91. The van der Waals surface area contributed by atoms with Crippen LogP contribution in [0, 0.1) is 18.7 Å². The van der Waals surface area contributed by atoms with Gasteiger partial charge in [0.1, 0.15) is 5.82 Å². The highest BCUT2D eigenvalue weighted by Crippen LogP contribution is 2.39. The molecule has 0 amide bonds. The standard InChI is InChI=1S/C18H20Cl2FN/c1-9(2)6-13(19)16(10(3)4)17-12-7-11(5)22-18(12)14(20)8-15(17)21/h6-8,10,22H,1-5H3/b16-13-. The van der Waals surface area contributed by atoms with Gasteiger partial charge in [-0.25, -0.2) is 4.39 Å². The lowest BCUT2D eigenvalue weighted by Gasteiger charge is -2.16. The highest BCUT2D eigenvalue weighted by molar-refractivity contribution is 6.36. The number of aromatic amines is 1. The van der Waals surface area contributed by atoms with Gasteiger partial charge in [0.2, 0.25) is 0 Å². The molecule has 0 saturated carbocycles. The van der Waals surface area contributed by atoms with Gasteiger partial charge in [-0.1, -0.05) is 42.6 Å². The number of nitrogens with one attached hydrogen (secondary N) is 1. The monoisotopic (exact) mass is 339 g/mol. The van der Waals surface area contributed by atoms with Crippen molar-refractivity contribution in [3.8, 4) is 0 Å². The molecular formula is C18H20Cl2FN. The number of H-pyrrole nitrogens is 1. The molecule has 0 atom stereocenters. The van der Waals surface area contributed by atoms with Crippen molar-refractivity contribution in [3.63, 3.8) is 0 Å². The van der Waals surface area contributed by atoms with E-state index in [-0.39, 0.29) is 11.7 Å². The van der Waals surface area contributed by atoms with Crippen molar-refractivity contribution in [3.05, 3.63) is 50.9 Å². The van der Waals surface area contributed by atoms with Crippen molar-refractivity contribution < 1.29 is 4.39 Å². The average molecular weight is 340 g/mol. The first-order valence-electron chi connectivity index (χ1n) is 7.24. The van der Waals surface area contributed by atoms with Gasteiger partial charge in [-0.15, -0.1) is 0 Å². The molecule has 1 aromatic carbocycles. The Balaban J connectivity index is 2.89. The Hall–Kier alpha value is -1.25. The van der Waals surface area contributed by atoms with Crippen LogP contribution in [0.3, 0.4) is 0 Å². The van der Waals surface area contributed by atoms with E-state index >= 15 is 0 Å². The third kappa shape index (κ3) is 3.23. The maximum absolute atomic E-state index is 14.7. The van der Waals surface area contributed by atoms with Gasteiger partial charge in [-0.05, 0) is 50.5 Å². The van der Waals surface area contributed by atoms with Crippen molar-refractivity contribution in [1.82, 2.24) is 4.98 Å². The Bertz CT molecular complexity index is 778. The van der Waals surface area contributed by atoms with Crippen LogP contribution in [0.15, 0.2) is 28.8 Å². The third-order valence-corrected chi connectivity index (χ3v) is 4.08. The summed E-state index contributed by atoms with van der Waals surface area (Å²) < 4.78 is 14.7. The Morgan fingerprint density at radius 3 is 2.45 bits per heavy atom. The SMILES string of the molecule is CC(C)=C/C(Cl)=C(/c1c(F)cc(Cl)c2[nH]c(C)cc12)C(C)C. The van der Waals surface area contributed by atoms with Gasteiger partial charge in [-0.2, -0.15) is 0 Å². The predicted molar refractivity (Wildman–Crippen MR) is 95.0 cm³/mol. The minimum absolute atomic E-state index is 0.0807. The fourth-order valence-corrected chi connectivity index (χ4v) is 3.42. The molecule has 1 N–H and O–H groups in total. The van der Waals surface area contributed by atoms with E-state index in [0.717, 1.165) is 27.7 Å². The minimum Gasteiger partial charge on any atom is -0.357 e. The molecule has 0 fully saturated rings. The van der Waals surface area contributed by atoms with Crippen molar-refractivity contribution in [2.45, 2.75) is 34.6 Å². The van der Waals surface area contributed by atoms with Crippen LogP contribution >= 0.6 is 23.2 Å². The van der Waals surface area contributed by atoms with E-state index in [2.05, 4.69) is 4.98 Å². The topological polar surface area (TPSA) is 15.8 Å². The van der Waals surface area contributed by atoms with E-state index in [4.69, 9.17) is 23.2 Å². The lowest BCUT2D eigenvalue weighted by Crippen LogP contribution is -2.00. The number of halogens is 3. The number of aromatic nitrogens is 1. The van der Waals surface area contributed by atoms with Crippen molar-refractivity contribution in [1.29, 1.82) is 0 Å². The Labute approximate surface area is 140 Å². The minimum atomic E-state index is -0.347. The van der Waals surface area contributed by atoms with Crippen molar-refractivity contribution in [2.75, 3.05) is 0 Å². The molecule has 1 aromatic heterocycles. The molecule has 2 aromatic rings. The zero-order chi connectivity index (χ0) is 16.6. The molecule has 1 heterocycles. The first-order valence-corrected chi connectivity index (χ1v) is 8.00. The number of hydrogen-bond acceptors (Lipinski definition) is 0. The molecule has 22 heavy (non-hydrogen) atoms. The van der Waals surface area contributed by atoms with E-state index in [1.54, 1.807) is 0 Å². The molecule has 0 radical (unpaired) electrons. The summed E-state index contributed by atoms with van der Waals surface area (Å²) in [5.74, 6) is -0.266. The zero-order valence-electron chi connectivity index (χ0n) is 13.4. The molecule has 0 unspecified atom stereocenters. The number of benzene rings is 1. The second-order valence-electron chi connectivity index (χ2n) is 6.09. The summed E-state index contributed by atoms with van der Waals surface area (Å²) in [5.41, 5.74) is 4.07. The van der Waals surface area contributed by atoms with Crippen molar-refractivity contribution in [2.24, 2.45) is 5.92 Å². The molecule has 0 aliphatic rings. The number of hydrogen-bond donors (Lipinski definition) is 1. The van der Waals surface area contributed by atoms with E-state index in [0.29, 0.717) is 15.6 Å². The van der Waals surface area contributed by atoms with Gasteiger partial charge in [0, 0.05) is 21.7 Å². The summed E-state index contributed by atoms with van der Waals surface area (Å²) in [6.07, 6.45) is 1.87. The van der Waals surface area contributed by atoms with Crippen LogP contribution in [0.5, 0.6) is 0 Å². The summed E-state index contributed by atoms with van der Waals surface area (Å²) >= 11 is 12.6. The number of aryl methyl sites for hydroxylation is 1. The van der Waals surface area contributed by atoms with Crippen LogP contribution < -0.4 is 0 Å². The first kappa shape index (κ1) is 17.1. The molecule has 1 nitrogen and oxygen atoms in total. The number of allylic oxidation sites excluding steroid dienone is 4. The van der Waals surface area contributed by atoms with Crippen molar-refractivity contribution >= 4 is 39.7 Å². The fraction of sp³-hybridized carbons (Fsp3) is 0.333. The van der Waals surface area contributed by atoms with E-state index in [9.17, 15) is 4.39 Å². The molecule has 0 saturated heterocycles. The predicted octanol–water partition coefficient (Wildman–Crippen LogP) is 6.84. The quantitative estimate of drug-likeness (QED) is 0.589. The summed E-state index contributed by atoms with van der Waals surface area (Å²) in [6, 6.07) is 3.26. The van der Waals surface area contributed by atoms with Gasteiger partial charge in [0.05, 0.1) is 10.5 Å². The molecule has 2 rings (SSSR count). The van der Waals surface area contributed by atoms with Gasteiger partial charge in [-0.3, -0.25) is 0 Å². The molecule has 0 aliphatic heterocycles. The fourth-order valence-electron chi connectivity index (χ4n) is 2.65. The highest BCUT2D eigenvalue weighted by Gasteiger charge is 2.21. The maximum atomic E-state index is 14.7. The Morgan fingerprint density at radius 1 is 1.27 bits per heavy atom. The molecule has 0 spiro atoms. The third-order valence-electron chi connectivity index (χ3n) is 3.47. The maximum Gasteiger partial charge on any atom is 0.133 e. The van der Waals surface area contributed by atoms with Crippen LogP contribution in [0.25, 0.3) is 16.5 Å². The van der Waals surface area contributed by atoms with Crippen LogP contribution in [-0.2, 0) is 0 Å². The average Bonchev–Trinajstić information content (AvgIpc) is 2.74. The van der Waals surface area contributed by atoms with Crippen LogP contribution in [-0.4, -0.2) is 4.98 Å².